The van der Waals surface area contributed by atoms with Gasteiger partial charge in [0.25, 0.3) is 0 Å². The normalized spacial score (nSPS) is 27.7. The van der Waals surface area contributed by atoms with E-state index in [4.69, 9.17) is 0 Å². The molecule has 0 spiro atoms. The van der Waals surface area contributed by atoms with Crippen LogP contribution in [-0.4, -0.2) is 20.6 Å². The Bertz CT molecular complexity index is 439. The highest BCUT2D eigenvalue weighted by Gasteiger charge is 2.36. The predicted octanol–water partition coefficient (Wildman–Crippen LogP) is 2.74. The number of hydrogen-bond donors (Lipinski definition) is 1. The van der Waals surface area contributed by atoms with Crippen molar-refractivity contribution in [1.82, 2.24) is 9.55 Å². The van der Waals surface area contributed by atoms with Crippen LogP contribution >= 0.6 is 0 Å². The van der Waals surface area contributed by atoms with Crippen LogP contribution in [-0.2, 0) is 18.3 Å². The van der Waals surface area contributed by atoms with E-state index in [1.165, 1.54) is 0 Å². The minimum Gasteiger partial charge on any atom is -0.481 e. The van der Waals surface area contributed by atoms with E-state index in [0.29, 0.717) is 11.8 Å². The lowest BCUT2D eigenvalue weighted by molar-refractivity contribution is -0.145. The third-order valence-corrected chi connectivity index (χ3v) is 4.65. The number of carbonyl (C=O) groups is 1. The molecule has 1 heterocycles. The number of rotatable bonds is 4. The Morgan fingerprint density at radius 1 is 1.53 bits per heavy atom. The van der Waals surface area contributed by atoms with Crippen molar-refractivity contribution < 1.29 is 9.90 Å². The van der Waals surface area contributed by atoms with Crippen molar-refractivity contribution in [2.24, 2.45) is 30.7 Å². The second-order valence-corrected chi connectivity index (χ2v) is 6.18. The lowest BCUT2D eigenvalue weighted by atomic mass is 9.69. The second kappa shape index (κ2) is 5.76. The Kier molecular flexibility index (Phi) is 4.27. The van der Waals surface area contributed by atoms with Gasteiger partial charge in [-0.25, -0.2) is 4.98 Å². The number of nitrogens with zero attached hydrogens (tertiary/aromatic N) is 2. The van der Waals surface area contributed by atoms with Gasteiger partial charge in [0.1, 0.15) is 5.82 Å². The summed E-state index contributed by atoms with van der Waals surface area (Å²) in [4.78, 5) is 15.8. The lowest BCUT2D eigenvalue weighted by Crippen LogP contribution is -2.34. The Balaban J connectivity index is 2.11. The van der Waals surface area contributed by atoms with E-state index in [2.05, 4.69) is 18.8 Å². The predicted molar refractivity (Wildman–Crippen MR) is 73.7 cm³/mol. The summed E-state index contributed by atoms with van der Waals surface area (Å²) >= 11 is 0. The SMILES string of the molecule is CC(C)C1CCC(C(=O)O)C(Cc2nccn2C)C1. The van der Waals surface area contributed by atoms with E-state index in [1.54, 1.807) is 6.20 Å². The molecule has 1 aromatic heterocycles. The summed E-state index contributed by atoms with van der Waals surface area (Å²) in [6.45, 7) is 4.48. The molecule has 3 unspecified atom stereocenters. The van der Waals surface area contributed by atoms with Gasteiger partial charge in [-0.2, -0.15) is 0 Å². The third-order valence-electron chi connectivity index (χ3n) is 4.65. The van der Waals surface area contributed by atoms with E-state index in [9.17, 15) is 9.90 Å². The number of aromatic nitrogens is 2. The maximum absolute atomic E-state index is 11.4. The van der Waals surface area contributed by atoms with E-state index < -0.39 is 5.97 Å². The van der Waals surface area contributed by atoms with Gasteiger partial charge >= 0.3 is 5.97 Å². The Hall–Kier alpha value is -1.32. The molecule has 1 N–H and O–H groups in total. The zero-order valence-corrected chi connectivity index (χ0v) is 12.0. The molecule has 3 atom stereocenters. The van der Waals surface area contributed by atoms with Gasteiger partial charge in [0.2, 0.25) is 0 Å². The number of imidazole rings is 1. The van der Waals surface area contributed by atoms with Crippen molar-refractivity contribution in [3.05, 3.63) is 18.2 Å². The van der Waals surface area contributed by atoms with Crippen LogP contribution in [0.2, 0.25) is 0 Å². The van der Waals surface area contributed by atoms with Gasteiger partial charge in [-0.05, 0) is 37.0 Å². The number of hydrogen-bond acceptors (Lipinski definition) is 2. The molecule has 0 aliphatic heterocycles. The highest BCUT2D eigenvalue weighted by atomic mass is 16.4. The molecule has 0 saturated heterocycles. The fraction of sp³-hybridized carbons (Fsp3) is 0.733. The van der Waals surface area contributed by atoms with Crippen molar-refractivity contribution in [3.63, 3.8) is 0 Å². The van der Waals surface area contributed by atoms with Crippen molar-refractivity contribution in [3.8, 4) is 0 Å². The quantitative estimate of drug-likeness (QED) is 0.909. The van der Waals surface area contributed by atoms with Crippen LogP contribution in [0.25, 0.3) is 0 Å². The molecule has 4 heteroatoms. The van der Waals surface area contributed by atoms with Crippen molar-refractivity contribution in [1.29, 1.82) is 0 Å². The number of carboxylic acid groups (broad SMARTS) is 1. The van der Waals surface area contributed by atoms with E-state index in [0.717, 1.165) is 31.5 Å². The van der Waals surface area contributed by atoms with Gasteiger partial charge in [-0.3, -0.25) is 4.79 Å². The van der Waals surface area contributed by atoms with Crippen molar-refractivity contribution in [2.45, 2.75) is 39.5 Å². The smallest absolute Gasteiger partial charge is 0.306 e. The molecule has 2 rings (SSSR count). The zero-order valence-electron chi connectivity index (χ0n) is 12.0. The summed E-state index contributed by atoms with van der Waals surface area (Å²) in [6.07, 6.45) is 7.37. The third kappa shape index (κ3) is 3.17. The summed E-state index contributed by atoms with van der Waals surface area (Å²) in [5.41, 5.74) is 0. The monoisotopic (exact) mass is 264 g/mol. The summed E-state index contributed by atoms with van der Waals surface area (Å²) in [5.74, 6) is 1.67. The average Bonchev–Trinajstić information content (AvgIpc) is 2.74. The Morgan fingerprint density at radius 2 is 2.26 bits per heavy atom. The molecule has 0 amide bonds. The molecule has 1 aliphatic carbocycles. The molecule has 0 bridgehead atoms. The summed E-state index contributed by atoms with van der Waals surface area (Å²) < 4.78 is 2.00. The fourth-order valence-corrected chi connectivity index (χ4v) is 3.28. The first kappa shape index (κ1) is 14.1. The molecule has 1 saturated carbocycles. The first-order chi connectivity index (χ1) is 8.99. The minimum atomic E-state index is -0.638. The average molecular weight is 264 g/mol. The molecule has 19 heavy (non-hydrogen) atoms. The maximum Gasteiger partial charge on any atom is 0.306 e. The standard InChI is InChI=1S/C15H24N2O2/c1-10(2)11-4-5-13(15(18)19)12(8-11)9-14-16-6-7-17(14)3/h6-7,10-13H,4-5,8-9H2,1-3H3,(H,18,19). The van der Waals surface area contributed by atoms with Crippen molar-refractivity contribution >= 4 is 5.97 Å². The van der Waals surface area contributed by atoms with Crippen LogP contribution in [0.3, 0.4) is 0 Å². The molecule has 106 valence electrons. The molecule has 0 aromatic carbocycles. The van der Waals surface area contributed by atoms with E-state index >= 15 is 0 Å². The van der Waals surface area contributed by atoms with E-state index in [1.807, 2.05) is 17.8 Å². The topological polar surface area (TPSA) is 55.1 Å². The summed E-state index contributed by atoms with van der Waals surface area (Å²) in [7, 11) is 1.97. The van der Waals surface area contributed by atoms with Crippen molar-refractivity contribution in [2.75, 3.05) is 0 Å². The number of carboxylic acids is 1. The van der Waals surface area contributed by atoms with Gasteiger partial charge in [0, 0.05) is 25.9 Å². The number of aryl methyl sites for hydroxylation is 1. The van der Waals surface area contributed by atoms with Crippen LogP contribution in [0, 0.1) is 23.7 Å². The second-order valence-electron chi connectivity index (χ2n) is 6.18. The first-order valence-electron chi connectivity index (χ1n) is 7.18. The van der Waals surface area contributed by atoms with E-state index in [-0.39, 0.29) is 11.8 Å². The van der Waals surface area contributed by atoms with Gasteiger partial charge in [-0.15, -0.1) is 0 Å². The first-order valence-corrected chi connectivity index (χ1v) is 7.18. The molecular formula is C15H24N2O2. The molecular weight excluding hydrogens is 240 g/mol. The van der Waals surface area contributed by atoms with Gasteiger partial charge in [0.15, 0.2) is 0 Å². The van der Waals surface area contributed by atoms with Crippen LogP contribution < -0.4 is 0 Å². The van der Waals surface area contributed by atoms with Gasteiger partial charge < -0.3 is 9.67 Å². The molecule has 1 aliphatic rings. The van der Waals surface area contributed by atoms with Crippen LogP contribution in [0.4, 0.5) is 0 Å². The highest BCUT2D eigenvalue weighted by Crippen LogP contribution is 2.39. The van der Waals surface area contributed by atoms with Crippen LogP contribution in [0.1, 0.15) is 38.9 Å². The van der Waals surface area contributed by atoms with Crippen LogP contribution in [0.15, 0.2) is 12.4 Å². The molecule has 0 radical (unpaired) electrons. The van der Waals surface area contributed by atoms with Gasteiger partial charge in [0.05, 0.1) is 5.92 Å². The summed E-state index contributed by atoms with van der Waals surface area (Å²) in [6, 6.07) is 0. The zero-order chi connectivity index (χ0) is 14.0. The summed E-state index contributed by atoms with van der Waals surface area (Å²) in [5, 5.41) is 9.40. The lowest BCUT2D eigenvalue weighted by Gasteiger charge is -2.35. The maximum atomic E-state index is 11.4. The Morgan fingerprint density at radius 3 is 2.79 bits per heavy atom. The molecule has 1 aromatic rings. The molecule has 1 fully saturated rings. The molecule has 4 nitrogen and oxygen atoms in total. The number of aliphatic carboxylic acids is 1. The largest absolute Gasteiger partial charge is 0.481 e. The highest BCUT2D eigenvalue weighted by molar-refractivity contribution is 5.70. The Labute approximate surface area is 114 Å². The minimum absolute atomic E-state index is 0.202. The fourth-order valence-electron chi connectivity index (χ4n) is 3.28. The van der Waals surface area contributed by atoms with Gasteiger partial charge in [-0.1, -0.05) is 13.8 Å². The van der Waals surface area contributed by atoms with Crippen LogP contribution in [0.5, 0.6) is 0 Å².